The molecule has 6 heteroatoms. The first-order chi connectivity index (χ1) is 13.3. The molecule has 0 radical (unpaired) electrons. The minimum atomic E-state index is -0.0166. The van der Waals surface area contributed by atoms with Crippen molar-refractivity contribution in [3.05, 3.63) is 66.5 Å². The van der Waals surface area contributed by atoms with Crippen molar-refractivity contribution in [1.29, 1.82) is 0 Å². The third-order valence-electron chi connectivity index (χ3n) is 4.93. The third-order valence-corrected chi connectivity index (χ3v) is 4.93. The van der Waals surface area contributed by atoms with Gasteiger partial charge in [0.15, 0.2) is 0 Å². The number of piperazine rings is 1. The molecule has 0 aliphatic carbocycles. The third kappa shape index (κ3) is 4.23. The van der Waals surface area contributed by atoms with Gasteiger partial charge < -0.3 is 10.2 Å². The molecule has 1 N–H and O–H groups in total. The van der Waals surface area contributed by atoms with Crippen LogP contribution in [-0.2, 0) is 0 Å². The molecule has 1 aliphatic heterocycles. The number of anilines is 1. The zero-order chi connectivity index (χ0) is 18.5. The van der Waals surface area contributed by atoms with Crippen molar-refractivity contribution in [2.75, 3.05) is 44.2 Å². The Kier molecular flexibility index (Phi) is 5.25. The molecule has 1 saturated heterocycles. The van der Waals surface area contributed by atoms with Gasteiger partial charge in [0.1, 0.15) is 0 Å². The second kappa shape index (κ2) is 8.14. The van der Waals surface area contributed by atoms with Crippen LogP contribution >= 0.6 is 0 Å². The van der Waals surface area contributed by atoms with Gasteiger partial charge in [-0.25, -0.2) is 9.97 Å². The summed E-state index contributed by atoms with van der Waals surface area (Å²) in [5.74, 6) is 0.777. The molecule has 138 valence electrons. The first kappa shape index (κ1) is 17.4. The number of amides is 1. The maximum Gasteiger partial charge on any atom is 0.251 e. The molecular weight excluding hydrogens is 338 g/mol. The fourth-order valence-corrected chi connectivity index (χ4v) is 3.39. The number of hydrogen-bond acceptors (Lipinski definition) is 5. The van der Waals surface area contributed by atoms with Crippen LogP contribution in [0.3, 0.4) is 0 Å². The molecule has 2 aromatic carbocycles. The lowest BCUT2D eigenvalue weighted by atomic mass is 10.1. The van der Waals surface area contributed by atoms with Crippen LogP contribution in [0.2, 0.25) is 0 Å². The Labute approximate surface area is 158 Å². The largest absolute Gasteiger partial charge is 0.351 e. The first-order valence-electron chi connectivity index (χ1n) is 9.31. The molecule has 0 bridgehead atoms. The zero-order valence-electron chi connectivity index (χ0n) is 15.2. The maximum absolute atomic E-state index is 12.4. The summed E-state index contributed by atoms with van der Waals surface area (Å²) in [6.45, 7) is 5.20. The van der Waals surface area contributed by atoms with Crippen LogP contribution < -0.4 is 10.2 Å². The van der Waals surface area contributed by atoms with E-state index in [1.807, 2.05) is 42.5 Å². The summed E-state index contributed by atoms with van der Waals surface area (Å²) in [4.78, 5) is 25.6. The predicted octanol–water partition coefficient (Wildman–Crippen LogP) is 2.18. The number of carbonyl (C=O) groups excluding carboxylic acids is 1. The number of carbonyl (C=O) groups is 1. The van der Waals surface area contributed by atoms with E-state index in [9.17, 15) is 4.79 Å². The molecular formula is C21H23N5O. The van der Waals surface area contributed by atoms with E-state index in [4.69, 9.17) is 0 Å². The Morgan fingerprint density at radius 3 is 2.44 bits per heavy atom. The zero-order valence-corrected chi connectivity index (χ0v) is 15.2. The molecule has 4 rings (SSSR count). The fourth-order valence-electron chi connectivity index (χ4n) is 3.39. The van der Waals surface area contributed by atoms with E-state index in [-0.39, 0.29) is 5.91 Å². The van der Waals surface area contributed by atoms with Crippen molar-refractivity contribution in [1.82, 2.24) is 20.2 Å². The van der Waals surface area contributed by atoms with Crippen molar-refractivity contribution < 1.29 is 4.79 Å². The van der Waals surface area contributed by atoms with Crippen molar-refractivity contribution in [2.24, 2.45) is 0 Å². The molecule has 1 amide bonds. The van der Waals surface area contributed by atoms with Gasteiger partial charge in [-0.3, -0.25) is 9.69 Å². The Hall–Kier alpha value is -2.99. The van der Waals surface area contributed by atoms with E-state index >= 15 is 0 Å². The standard InChI is InChI=1S/C21H23N5O/c27-20(19-7-6-17-4-1-2-5-18(17)16-19)22-10-11-25-12-14-26(15-13-25)21-23-8-3-9-24-21/h1-9,16H,10-15H2,(H,22,27). The van der Waals surface area contributed by atoms with Gasteiger partial charge >= 0.3 is 0 Å². The number of benzene rings is 2. The molecule has 1 aliphatic rings. The Balaban J connectivity index is 1.24. The highest BCUT2D eigenvalue weighted by molar-refractivity contribution is 5.98. The maximum atomic E-state index is 12.4. The van der Waals surface area contributed by atoms with E-state index in [1.165, 1.54) is 0 Å². The Morgan fingerprint density at radius 1 is 0.926 bits per heavy atom. The summed E-state index contributed by atoms with van der Waals surface area (Å²) < 4.78 is 0. The molecule has 0 spiro atoms. The smallest absolute Gasteiger partial charge is 0.251 e. The summed E-state index contributed by atoms with van der Waals surface area (Å²) in [6.07, 6.45) is 3.55. The Bertz CT molecular complexity index is 907. The molecule has 0 unspecified atom stereocenters. The van der Waals surface area contributed by atoms with E-state index < -0.39 is 0 Å². The molecule has 1 aromatic heterocycles. The van der Waals surface area contributed by atoms with Crippen LogP contribution in [0.5, 0.6) is 0 Å². The lowest BCUT2D eigenvalue weighted by Gasteiger charge is -2.34. The van der Waals surface area contributed by atoms with Gasteiger partial charge in [0.05, 0.1) is 0 Å². The average Bonchev–Trinajstić information content (AvgIpc) is 2.74. The number of hydrogen-bond donors (Lipinski definition) is 1. The molecule has 3 aromatic rings. The minimum absolute atomic E-state index is 0.0166. The quantitative estimate of drug-likeness (QED) is 0.755. The normalized spacial score (nSPS) is 15.0. The summed E-state index contributed by atoms with van der Waals surface area (Å²) in [6, 6.07) is 15.7. The van der Waals surface area contributed by atoms with Gasteiger partial charge in [0.25, 0.3) is 5.91 Å². The van der Waals surface area contributed by atoms with E-state index in [0.717, 1.165) is 49.4 Å². The van der Waals surface area contributed by atoms with Gasteiger partial charge in [-0.2, -0.15) is 0 Å². The first-order valence-corrected chi connectivity index (χ1v) is 9.31. The van der Waals surface area contributed by atoms with Crippen LogP contribution in [0.4, 0.5) is 5.95 Å². The topological polar surface area (TPSA) is 61.4 Å². The van der Waals surface area contributed by atoms with Crippen LogP contribution in [0, 0.1) is 0 Å². The molecule has 0 atom stereocenters. The molecule has 2 heterocycles. The Morgan fingerprint density at radius 2 is 1.67 bits per heavy atom. The van der Waals surface area contributed by atoms with E-state index in [1.54, 1.807) is 12.4 Å². The number of nitrogens with zero attached hydrogens (tertiary/aromatic N) is 4. The lowest BCUT2D eigenvalue weighted by molar-refractivity contribution is 0.0948. The highest BCUT2D eigenvalue weighted by Crippen LogP contribution is 2.15. The number of rotatable bonds is 5. The number of fused-ring (bicyclic) bond motifs is 1. The van der Waals surface area contributed by atoms with Crippen molar-refractivity contribution in [2.45, 2.75) is 0 Å². The van der Waals surface area contributed by atoms with Crippen molar-refractivity contribution in [3.63, 3.8) is 0 Å². The van der Waals surface area contributed by atoms with E-state index in [0.29, 0.717) is 12.1 Å². The second-order valence-electron chi connectivity index (χ2n) is 6.70. The summed E-state index contributed by atoms with van der Waals surface area (Å²) >= 11 is 0. The van der Waals surface area contributed by atoms with Gasteiger partial charge in [-0.05, 0) is 29.0 Å². The lowest BCUT2D eigenvalue weighted by Crippen LogP contribution is -2.49. The SMILES string of the molecule is O=C(NCCN1CCN(c2ncccn2)CC1)c1ccc2ccccc2c1. The highest BCUT2D eigenvalue weighted by atomic mass is 16.1. The van der Waals surface area contributed by atoms with Gasteiger partial charge in [0.2, 0.25) is 5.95 Å². The summed E-state index contributed by atoms with van der Waals surface area (Å²) in [5, 5.41) is 5.27. The van der Waals surface area contributed by atoms with Crippen molar-refractivity contribution in [3.8, 4) is 0 Å². The average molecular weight is 361 g/mol. The summed E-state index contributed by atoms with van der Waals surface area (Å²) in [5.41, 5.74) is 0.708. The van der Waals surface area contributed by atoms with E-state index in [2.05, 4.69) is 31.2 Å². The molecule has 1 fully saturated rings. The number of nitrogens with one attached hydrogen (secondary N) is 1. The highest BCUT2D eigenvalue weighted by Gasteiger charge is 2.18. The molecule has 0 saturated carbocycles. The van der Waals surface area contributed by atoms with Gasteiger partial charge in [-0.15, -0.1) is 0 Å². The minimum Gasteiger partial charge on any atom is -0.351 e. The molecule has 6 nitrogen and oxygen atoms in total. The summed E-state index contributed by atoms with van der Waals surface area (Å²) in [7, 11) is 0. The fraction of sp³-hybridized carbons (Fsp3) is 0.286. The number of aromatic nitrogens is 2. The van der Waals surface area contributed by atoms with Crippen LogP contribution in [-0.4, -0.2) is 60.0 Å². The second-order valence-corrected chi connectivity index (χ2v) is 6.70. The van der Waals surface area contributed by atoms with Crippen molar-refractivity contribution >= 4 is 22.6 Å². The monoisotopic (exact) mass is 361 g/mol. The predicted molar refractivity (Wildman–Crippen MR) is 107 cm³/mol. The van der Waals surface area contributed by atoms with Crippen LogP contribution in [0.25, 0.3) is 10.8 Å². The molecule has 27 heavy (non-hydrogen) atoms. The van der Waals surface area contributed by atoms with Gasteiger partial charge in [-0.1, -0.05) is 30.3 Å². The van der Waals surface area contributed by atoms with Crippen LogP contribution in [0.15, 0.2) is 60.9 Å². The van der Waals surface area contributed by atoms with Crippen LogP contribution in [0.1, 0.15) is 10.4 Å². The van der Waals surface area contributed by atoms with Gasteiger partial charge in [0, 0.05) is 57.2 Å².